The number of carbonyl (C=O) groups excluding carboxylic acids is 1. The first kappa shape index (κ1) is 18.8. The molecule has 0 aliphatic heterocycles. The molecule has 0 aliphatic rings. The van der Waals surface area contributed by atoms with Crippen LogP contribution in [-0.2, 0) is 18.3 Å². The molecular formula is C20H25N5O2. The van der Waals surface area contributed by atoms with E-state index >= 15 is 0 Å². The van der Waals surface area contributed by atoms with Crippen LogP contribution in [0.3, 0.4) is 0 Å². The number of nitrogens with one attached hydrogen (secondary N) is 1. The Morgan fingerprint density at radius 2 is 1.96 bits per heavy atom. The number of carbonyl (C=O) groups is 1. The number of benzene rings is 1. The summed E-state index contributed by atoms with van der Waals surface area (Å²) in [6.07, 6.45) is 1.71. The van der Waals surface area contributed by atoms with E-state index in [1.54, 1.807) is 18.0 Å². The van der Waals surface area contributed by atoms with Gasteiger partial charge in [0.25, 0.3) is 5.91 Å². The van der Waals surface area contributed by atoms with Crippen molar-refractivity contribution in [2.24, 2.45) is 7.05 Å². The number of methoxy groups -OCH3 is 1. The second kappa shape index (κ2) is 8.18. The molecule has 1 unspecified atom stereocenters. The first-order valence-corrected chi connectivity index (χ1v) is 8.85. The maximum absolute atomic E-state index is 12.6. The number of aromatic nitrogens is 4. The number of hydrogen-bond donors (Lipinski definition) is 1. The molecular weight excluding hydrogens is 342 g/mol. The summed E-state index contributed by atoms with van der Waals surface area (Å²) >= 11 is 0. The van der Waals surface area contributed by atoms with Crippen LogP contribution in [0.2, 0.25) is 0 Å². The minimum absolute atomic E-state index is 0.143. The third-order valence-corrected chi connectivity index (χ3v) is 4.51. The van der Waals surface area contributed by atoms with Gasteiger partial charge in [-0.2, -0.15) is 10.2 Å². The summed E-state index contributed by atoms with van der Waals surface area (Å²) in [7, 11) is 3.46. The van der Waals surface area contributed by atoms with Gasteiger partial charge in [-0.05, 0) is 43.7 Å². The zero-order valence-corrected chi connectivity index (χ0v) is 16.1. The van der Waals surface area contributed by atoms with Gasteiger partial charge in [0.2, 0.25) is 0 Å². The van der Waals surface area contributed by atoms with Crippen LogP contribution >= 0.6 is 0 Å². The fraction of sp³-hybridized carbons (Fsp3) is 0.350. The normalized spacial score (nSPS) is 12.1. The van der Waals surface area contributed by atoms with Crippen LogP contribution in [0.5, 0.6) is 0 Å². The van der Waals surface area contributed by atoms with Gasteiger partial charge in [-0.3, -0.25) is 14.2 Å². The Labute approximate surface area is 159 Å². The largest absolute Gasteiger partial charge is 0.382 e. The molecule has 0 aliphatic carbocycles. The van der Waals surface area contributed by atoms with Crippen LogP contribution in [0.4, 0.5) is 0 Å². The molecule has 142 valence electrons. The highest BCUT2D eigenvalue weighted by Crippen LogP contribution is 2.14. The summed E-state index contributed by atoms with van der Waals surface area (Å²) in [4.78, 5) is 12.6. The number of nitrogens with zero attached hydrogens (tertiary/aromatic N) is 4. The van der Waals surface area contributed by atoms with Crippen LogP contribution in [0.25, 0.3) is 0 Å². The Hall–Kier alpha value is -2.93. The van der Waals surface area contributed by atoms with Gasteiger partial charge in [0.1, 0.15) is 0 Å². The highest BCUT2D eigenvalue weighted by atomic mass is 16.5. The highest BCUT2D eigenvalue weighted by molar-refractivity contribution is 5.94. The average Bonchev–Trinajstić information content (AvgIpc) is 3.20. The first-order chi connectivity index (χ1) is 13.0. The standard InChI is InChI=1S/C20H25N5O2/c1-14-11-15(2)25(23-14)12-16-5-7-17(8-6-16)20(26)22-18(13-27-4)19-9-10-21-24(19)3/h5-11,18H,12-13H2,1-4H3,(H,22,26). The molecule has 0 radical (unpaired) electrons. The topological polar surface area (TPSA) is 74.0 Å². The molecule has 0 bridgehead atoms. The van der Waals surface area contributed by atoms with E-state index in [1.165, 1.54) is 0 Å². The van der Waals surface area contributed by atoms with Gasteiger partial charge in [-0.15, -0.1) is 0 Å². The molecule has 7 nitrogen and oxygen atoms in total. The van der Waals surface area contributed by atoms with Crippen LogP contribution in [-0.4, -0.2) is 39.2 Å². The molecule has 0 saturated carbocycles. The summed E-state index contributed by atoms with van der Waals surface area (Å²) in [6, 6.07) is 11.3. The molecule has 2 aromatic heterocycles. The molecule has 1 atom stereocenters. The molecule has 0 fully saturated rings. The molecule has 1 aromatic carbocycles. The highest BCUT2D eigenvalue weighted by Gasteiger charge is 2.18. The van der Waals surface area contributed by atoms with Crippen molar-refractivity contribution in [3.8, 4) is 0 Å². The number of amides is 1. The zero-order chi connectivity index (χ0) is 19.4. The van der Waals surface area contributed by atoms with Gasteiger partial charge < -0.3 is 10.1 Å². The molecule has 3 aromatic rings. The molecule has 0 spiro atoms. The first-order valence-electron chi connectivity index (χ1n) is 8.85. The predicted octanol–water partition coefficient (Wildman–Crippen LogP) is 2.40. The molecule has 27 heavy (non-hydrogen) atoms. The number of ether oxygens (including phenoxy) is 1. The maximum atomic E-state index is 12.6. The summed E-state index contributed by atoms with van der Waals surface area (Å²) in [5, 5.41) is 11.7. The SMILES string of the molecule is COCC(NC(=O)c1ccc(Cn2nc(C)cc2C)cc1)c1ccnn1C. The summed E-state index contributed by atoms with van der Waals surface area (Å²) in [6.45, 7) is 5.08. The Morgan fingerprint density at radius 1 is 1.22 bits per heavy atom. The minimum atomic E-state index is -0.260. The van der Waals surface area contributed by atoms with Gasteiger partial charge in [0.05, 0.1) is 30.6 Å². The second-order valence-electron chi connectivity index (χ2n) is 6.64. The van der Waals surface area contributed by atoms with Crippen LogP contribution in [0.15, 0.2) is 42.6 Å². The van der Waals surface area contributed by atoms with Crippen LogP contribution < -0.4 is 5.32 Å². The predicted molar refractivity (Wildman–Crippen MR) is 103 cm³/mol. The monoisotopic (exact) mass is 367 g/mol. The Bertz CT molecular complexity index is 911. The molecule has 1 N–H and O–H groups in total. The van der Waals surface area contributed by atoms with Crippen LogP contribution in [0.1, 0.15) is 39.0 Å². The lowest BCUT2D eigenvalue weighted by Crippen LogP contribution is -2.32. The van der Waals surface area contributed by atoms with E-state index in [1.807, 2.05) is 55.9 Å². The molecule has 2 heterocycles. The van der Waals surface area contributed by atoms with Gasteiger partial charge in [0.15, 0.2) is 0 Å². The zero-order valence-electron chi connectivity index (χ0n) is 16.1. The minimum Gasteiger partial charge on any atom is -0.382 e. The fourth-order valence-corrected chi connectivity index (χ4v) is 3.10. The summed E-state index contributed by atoms with van der Waals surface area (Å²) in [5.74, 6) is -0.143. The number of hydrogen-bond acceptors (Lipinski definition) is 4. The van der Waals surface area contributed by atoms with Crippen molar-refractivity contribution in [2.75, 3.05) is 13.7 Å². The van der Waals surface area contributed by atoms with Crippen molar-refractivity contribution in [1.29, 1.82) is 0 Å². The number of rotatable bonds is 7. The van der Waals surface area contributed by atoms with Crippen molar-refractivity contribution in [1.82, 2.24) is 24.9 Å². The van der Waals surface area contributed by atoms with Gasteiger partial charge >= 0.3 is 0 Å². The third-order valence-electron chi connectivity index (χ3n) is 4.51. The lowest BCUT2D eigenvalue weighted by molar-refractivity contribution is 0.0892. The van der Waals surface area contributed by atoms with E-state index in [0.29, 0.717) is 18.7 Å². The fourth-order valence-electron chi connectivity index (χ4n) is 3.10. The Morgan fingerprint density at radius 3 is 2.52 bits per heavy atom. The summed E-state index contributed by atoms with van der Waals surface area (Å²) in [5.41, 5.74) is 4.72. The Balaban J connectivity index is 1.69. The van der Waals surface area contributed by atoms with Crippen molar-refractivity contribution in [3.05, 3.63) is 70.8 Å². The van der Waals surface area contributed by atoms with Crippen molar-refractivity contribution < 1.29 is 9.53 Å². The van der Waals surface area contributed by atoms with Gasteiger partial charge in [-0.25, -0.2) is 0 Å². The van der Waals surface area contributed by atoms with E-state index in [4.69, 9.17) is 4.74 Å². The van der Waals surface area contributed by atoms with E-state index in [9.17, 15) is 4.79 Å². The van der Waals surface area contributed by atoms with Gasteiger partial charge in [0, 0.05) is 31.6 Å². The van der Waals surface area contributed by atoms with Crippen LogP contribution in [0, 0.1) is 13.8 Å². The quantitative estimate of drug-likeness (QED) is 0.696. The van der Waals surface area contributed by atoms with Crippen molar-refractivity contribution in [2.45, 2.75) is 26.4 Å². The second-order valence-corrected chi connectivity index (χ2v) is 6.64. The third kappa shape index (κ3) is 4.43. The molecule has 1 amide bonds. The van der Waals surface area contributed by atoms with E-state index in [-0.39, 0.29) is 11.9 Å². The smallest absolute Gasteiger partial charge is 0.251 e. The molecule has 7 heteroatoms. The number of aryl methyl sites for hydroxylation is 3. The average molecular weight is 367 g/mol. The summed E-state index contributed by atoms with van der Waals surface area (Å²) < 4.78 is 8.95. The Kier molecular flexibility index (Phi) is 5.71. The van der Waals surface area contributed by atoms with E-state index in [0.717, 1.165) is 22.6 Å². The van der Waals surface area contributed by atoms with E-state index in [2.05, 4.69) is 21.6 Å². The van der Waals surface area contributed by atoms with Gasteiger partial charge in [-0.1, -0.05) is 12.1 Å². The molecule has 0 saturated heterocycles. The van der Waals surface area contributed by atoms with Crippen molar-refractivity contribution in [3.63, 3.8) is 0 Å². The maximum Gasteiger partial charge on any atom is 0.251 e. The lowest BCUT2D eigenvalue weighted by atomic mass is 10.1. The lowest BCUT2D eigenvalue weighted by Gasteiger charge is -2.18. The molecule has 3 rings (SSSR count). The van der Waals surface area contributed by atoms with Crippen molar-refractivity contribution >= 4 is 5.91 Å². The van der Waals surface area contributed by atoms with E-state index < -0.39 is 0 Å².